The number of hydrogen-bond donors (Lipinski definition) is 0. The quantitative estimate of drug-likeness (QED) is 0.240. The molecule has 5 nitrogen and oxygen atoms in total. The highest BCUT2D eigenvalue weighted by Crippen LogP contribution is 2.77. The first-order chi connectivity index (χ1) is 24.6. The number of allylic oxidation sites excluding steroid dienone is 2. The lowest BCUT2D eigenvalue weighted by Crippen LogP contribution is -2.65. The summed E-state index contributed by atoms with van der Waals surface area (Å²) in [7, 11) is 0. The number of esters is 1. The standard InChI is InChI=1S/C47H60N2O3/c1-42(2)22-24-47(41(51)52-31-33-16-12-9-13-17-33)25-23-46(7)40(36(47)27-42)35(34-28-48-49(30-34)29-32-14-10-8-11-15-32)26-38-44(5)20-19-39(50)43(3,4)37(44)18-21-45(38,46)6/h8-17,28,30,36-38H,18-27,29,31H2,1-7H3/t36-,37-,38?,44-,45+,46+,47-/m0/s1. The number of aromatic nitrogens is 2. The maximum atomic E-state index is 14.8. The molecule has 0 radical (unpaired) electrons. The Kier molecular flexibility index (Phi) is 8.40. The first-order valence-electron chi connectivity index (χ1n) is 20.2. The van der Waals surface area contributed by atoms with Crippen molar-refractivity contribution in [2.75, 3.05) is 0 Å². The van der Waals surface area contributed by atoms with E-state index in [-0.39, 0.29) is 39.0 Å². The second kappa shape index (κ2) is 12.3. The van der Waals surface area contributed by atoms with Gasteiger partial charge in [-0.15, -0.1) is 0 Å². The summed E-state index contributed by atoms with van der Waals surface area (Å²) in [5.41, 5.74) is 5.76. The summed E-state index contributed by atoms with van der Waals surface area (Å²) in [6.07, 6.45) is 14.0. The lowest BCUT2D eigenvalue weighted by molar-refractivity contribution is -0.190. The predicted octanol–water partition coefficient (Wildman–Crippen LogP) is 10.9. The van der Waals surface area contributed by atoms with E-state index < -0.39 is 5.41 Å². The maximum Gasteiger partial charge on any atom is 0.313 e. The molecular weight excluding hydrogens is 641 g/mol. The summed E-state index contributed by atoms with van der Waals surface area (Å²) in [5, 5.41) is 4.99. The van der Waals surface area contributed by atoms with Crippen LogP contribution in [0.4, 0.5) is 0 Å². The van der Waals surface area contributed by atoms with Crippen LogP contribution in [0.3, 0.4) is 0 Å². The molecule has 0 saturated heterocycles. The van der Waals surface area contributed by atoms with Gasteiger partial charge in [0.1, 0.15) is 12.4 Å². The van der Waals surface area contributed by atoms with Crippen molar-refractivity contribution in [3.63, 3.8) is 0 Å². The second-order valence-electron chi connectivity index (χ2n) is 19.7. The Bertz CT molecular complexity index is 1890. The van der Waals surface area contributed by atoms with Crippen molar-refractivity contribution in [3.8, 4) is 0 Å². The first-order valence-corrected chi connectivity index (χ1v) is 20.2. The fourth-order valence-corrected chi connectivity index (χ4v) is 13.0. The Balaban J connectivity index is 1.28. The Morgan fingerprint density at radius 1 is 0.827 bits per heavy atom. The van der Waals surface area contributed by atoms with E-state index in [1.54, 1.807) is 0 Å². The largest absolute Gasteiger partial charge is 0.460 e. The van der Waals surface area contributed by atoms with Crippen LogP contribution in [0.1, 0.15) is 129 Å². The van der Waals surface area contributed by atoms with E-state index in [1.807, 2.05) is 18.2 Å². The SMILES string of the molecule is CC1(C)CC[C@]2(C(=O)OCc3ccccc3)CC[C@]3(C)C(=C(c4cnn(Cc5ccccc5)c4)CC4[C@@]5(C)CCC(=O)C(C)(C)[C@@H]5CC[C@]43C)[C@@H]2C1. The highest BCUT2D eigenvalue weighted by Gasteiger charge is 2.70. The summed E-state index contributed by atoms with van der Waals surface area (Å²) in [5.74, 6) is 1.36. The number of ketones is 1. The number of ether oxygens (including phenoxy) is 1. The highest BCUT2D eigenvalue weighted by atomic mass is 16.5. The molecular formula is C47H60N2O3. The summed E-state index contributed by atoms with van der Waals surface area (Å²) >= 11 is 0. The monoisotopic (exact) mass is 700 g/mol. The van der Waals surface area contributed by atoms with Gasteiger partial charge in [-0.2, -0.15) is 5.10 Å². The van der Waals surface area contributed by atoms with Crippen LogP contribution in [0.5, 0.6) is 0 Å². The molecule has 0 aliphatic heterocycles. The van der Waals surface area contributed by atoms with Gasteiger partial charge in [-0.25, -0.2) is 0 Å². The van der Waals surface area contributed by atoms with Crippen LogP contribution in [-0.4, -0.2) is 21.5 Å². The predicted molar refractivity (Wildman–Crippen MR) is 207 cm³/mol. The summed E-state index contributed by atoms with van der Waals surface area (Å²) in [6.45, 7) is 18.1. The molecule has 5 aliphatic rings. The molecule has 4 saturated carbocycles. The van der Waals surface area contributed by atoms with E-state index in [2.05, 4.69) is 108 Å². The third-order valence-corrected chi connectivity index (χ3v) is 16.3. The molecule has 2 aromatic carbocycles. The van der Waals surface area contributed by atoms with Crippen LogP contribution in [0.25, 0.3) is 5.57 Å². The maximum absolute atomic E-state index is 14.8. The van der Waals surface area contributed by atoms with Crippen LogP contribution in [0, 0.1) is 50.2 Å². The Labute approximate surface area is 312 Å². The van der Waals surface area contributed by atoms with Gasteiger partial charge in [-0.3, -0.25) is 14.3 Å². The number of carbonyl (C=O) groups excluding carboxylic acids is 2. The molecule has 0 bridgehead atoms. The number of fused-ring (bicyclic) bond motifs is 7. The number of hydrogen-bond acceptors (Lipinski definition) is 4. The number of carbonyl (C=O) groups is 2. The van der Waals surface area contributed by atoms with Gasteiger partial charge in [0.05, 0.1) is 18.2 Å². The minimum atomic E-state index is -0.534. The molecule has 4 fully saturated rings. The van der Waals surface area contributed by atoms with E-state index >= 15 is 0 Å². The van der Waals surface area contributed by atoms with Gasteiger partial charge in [0, 0.05) is 23.6 Å². The van der Waals surface area contributed by atoms with E-state index in [0.717, 1.165) is 69.9 Å². The molecule has 1 unspecified atom stereocenters. The fourth-order valence-electron chi connectivity index (χ4n) is 13.0. The zero-order valence-corrected chi connectivity index (χ0v) is 32.8. The average molecular weight is 701 g/mol. The van der Waals surface area contributed by atoms with Crippen molar-refractivity contribution < 1.29 is 14.3 Å². The van der Waals surface area contributed by atoms with Crippen molar-refractivity contribution in [3.05, 3.63) is 95.3 Å². The molecule has 5 heteroatoms. The lowest BCUT2D eigenvalue weighted by atomic mass is 9.32. The molecule has 0 spiro atoms. The molecule has 276 valence electrons. The summed E-state index contributed by atoms with van der Waals surface area (Å²) in [4.78, 5) is 28.3. The van der Waals surface area contributed by atoms with Gasteiger partial charge in [0.2, 0.25) is 0 Å². The fraction of sp³-hybridized carbons (Fsp3) is 0.596. The van der Waals surface area contributed by atoms with Gasteiger partial charge in [-0.1, -0.05) is 115 Å². The van der Waals surface area contributed by atoms with Crippen LogP contribution in [-0.2, 0) is 27.5 Å². The molecule has 7 atom stereocenters. The summed E-state index contributed by atoms with van der Waals surface area (Å²) in [6, 6.07) is 20.7. The Morgan fingerprint density at radius 2 is 1.50 bits per heavy atom. The van der Waals surface area contributed by atoms with E-state index in [4.69, 9.17) is 9.84 Å². The van der Waals surface area contributed by atoms with Crippen LogP contribution < -0.4 is 0 Å². The van der Waals surface area contributed by atoms with Gasteiger partial charge < -0.3 is 4.74 Å². The first kappa shape index (κ1) is 35.6. The smallest absolute Gasteiger partial charge is 0.313 e. The van der Waals surface area contributed by atoms with Crippen molar-refractivity contribution in [2.24, 2.45) is 50.2 Å². The molecule has 0 N–H and O–H groups in total. The minimum Gasteiger partial charge on any atom is -0.460 e. The normalized spacial score (nSPS) is 36.2. The average Bonchev–Trinajstić information content (AvgIpc) is 3.58. The Morgan fingerprint density at radius 3 is 2.21 bits per heavy atom. The van der Waals surface area contributed by atoms with E-state index in [0.29, 0.717) is 30.6 Å². The lowest BCUT2D eigenvalue weighted by Gasteiger charge is -2.71. The van der Waals surface area contributed by atoms with Crippen molar-refractivity contribution >= 4 is 17.3 Å². The number of Topliss-reactive ketones (excluding diaryl/α,β-unsaturated/α-hetero) is 1. The van der Waals surface area contributed by atoms with Crippen LogP contribution >= 0.6 is 0 Å². The highest BCUT2D eigenvalue weighted by molar-refractivity contribution is 5.86. The third kappa shape index (κ3) is 5.33. The van der Waals surface area contributed by atoms with Gasteiger partial charge >= 0.3 is 5.97 Å². The number of benzene rings is 2. The second-order valence-corrected chi connectivity index (χ2v) is 19.7. The number of nitrogens with zero attached hydrogens (tertiary/aromatic N) is 2. The molecule has 3 aromatic rings. The van der Waals surface area contributed by atoms with Crippen LogP contribution in [0.15, 0.2) is 78.6 Å². The van der Waals surface area contributed by atoms with Crippen molar-refractivity contribution in [1.82, 2.24) is 9.78 Å². The van der Waals surface area contributed by atoms with Crippen molar-refractivity contribution in [1.29, 1.82) is 0 Å². The zero-order chi connectivity index (χ0) is 36.7. The van der Waals surface area contributed by atoms with E-state index in [9.17, 15) is 9.59 Å². The molecule has 8 rings (SSSR count). The molecule has 1 heterocycles. The molecule has 1 aromatic heterocycles. The van der Waals surface area contributed by atoms with Crippen LogP contribution in [0.2, 0.25) is 0 Å². The summed E-state index contributed by atoms with van der Waals surface area (Å²) < 4.78 is 8.46. The minimum absolute atomic E-state index is 0.000940. The molecule has 0 amide bonds. The van der Waals surface area contributed by atoms with Gasteiger partial charge in [-0.05, 0) is 114 Å². The zero-order valence-electron chi connectivity index (χ0n) is 32.8. The van der Waals surface area contributed by atoms with Crippen molar-refractivity contribution in [2.45, 2.75) is 126 Å². The topological polar surface area (TPSA) is 61.2 Å². The van der Waals surface area contributed by atoms with Gasteiger partial charge in [0.25, 0.3) is 0 Å². The molecule has 5 aliphatic carbocycles. The number of rotatable bonds is 6. The Hall–Kier alpha value is -3.47. The van der Waals surface area contributed by atoms with E-state index in [1.165, 1.54) is 22.3 Å². The molecule has 52 heavy (non-hydrogen) atoms. The third-order valence-electron chi connectivity index (χ3n) is 16.3. The van der Waals surface area contributed by atoms with Gasteiger partial charge in [0.15, 0.2) is 0 Å².